The van der Waals surface area contributed by atoms with E-state index in [2.05, 4.69) is 6.92 Å². The van der Waals surface area contributed by atoms with Crippen LogP contribution in [0.5, 0.6) is 0 Å². The molecule has 0 unspecified atom stereocenters. The van der Waals surface area contributed by atoms with Gasteiger partial charge in [0.2, 0.25) is 0 Å². The maximum atomic E-state index is 11.8. The Bertz CT molecular complexity index is 503. The topological polar surface area (TPSA) is 37.4 Å². The Labute approximate surface area is 101 Å². The van der Waals surface area contributed by atoms with E-state index in [0.717, 1.165) is 12.0 Å². The van der Waals surface area contributed by atoms with Crippen LogP contribution in [0.25, 0.3) is 0 Å². The molecule has 0 aromatic heterocycles. The van der Waals surface area contributed by atoms with Crippen molar-refractivity contribution in [2.24, 2.45) is 0 Å². The summed E-state index contributed by atoms with van der Waals surface area (Å²) in [5.41, 5.74) is 2.74. The van der Waals surface area contributed by atoms with Crippen molar-refractivity contribution in [2.45, 2.75) is 26.8 Å². The quantitative estimate of drug-likeness (QED) is 0.744. The van der Waals surface area contributed by atoms with Crippen molar-refractivity contribution in [2.75, 3.05) is 0 Å². The van der Waals surface area contributed by atoms with Gasteiger partial charge in [-0.25, -0.2) is 0 Å². The van der Waals surface area contributed by atoms with Crippen LogP contribution >= 0.6 is 0 Å². The first-order chi connectivity index (χ1) is 8.13. The van der Waals surface area contributed by atoms with Gasteiger partial charge < -0.3 is 0 Å². The maximum absolute atomic E-state index is 11.8. The average Bonchev–Trinajstić information content (AvgIpc) is 2.57. The highest BCUT2D eigenvalue weighted by atomic mass is 16.2. The Kier molecular flexibility index (Phi) is 3.09. The molecule has 0 fully saturated rings. The Morgan fingerprint density at radius 2 is 1.76 bits per heavy atom. The van der Waals surface area contributed by atoms with E-state index in [9.17, 15) is 9.59 Å². The second-order valence-corrected chi connectivity index (χ2v) is 4.18. The van der Waals surface area contributed by atoms with Crippen LogP contribution in [-0.4, -0.2) is 16.7 Å². The number of imide groups is 1. The molecule has 3 heteroatoms. The summed E-state index contributed by atoms with van der Waals surface area (Å²) in [5, 5.41) is 0. The number of hydrogen-bond acceptors (Lipinski definition) is 2. The molecule has 0 saturated heterocycles. The first-order valence-electron chi connectivity index (χ1n) is 5.74. The van der Waals surface area contributed by atoms with E-state index in [4.69, 9.17) is 0 Å². The molecule has 0 bridgehead atoms. The van der Waals surface area contributed by atoms with E-state index in [1.807, 2.05) is 24.3 Å². The monoisotopic (exact) mass is 229 g/mol. The number of rotatable bonds is 3. The number of aryl methyl sites for hydroxylation is 1. The van der Waals surface area contributed by atoms with Crippen molar-refractivity contribution in [3.8, 4) is 0 Å². The van der Waals surface area contributed by atoms with Crippen molar-refractivity contribution in [3.63, 3.8) is 0 Å². The lowest BCUT2D eigenvalue weighted by Crippen LogP contribution is -2.30. The predicted octanol–water partition coefficient (Wildman–Crippen LogP) is 2.06. The fraction of sp³-hybridized carbons (Fsp3) is 0.286. The molecule has 1 aromatic carbocycles. The second kappa shape index (κ2) is 4.53. The summed E-state index contributed by atoms with van der Waals surface area (Å²) in [6.45, 7) is 4.11. The van der Waals surface area contributed by atoms with Gasteiger partial charge in [0.05, 0.1) is 6.54 Å². The van der Waals surface area contributed by atoms with E-state index in [1.54, 1.807) is 6.92 Å². The lowest BCUT2D eigenvalue weighted by atomic mass is 10.1. The molecule has 1 heterocycles. The van der Waals surface area contributed by atoms with Crippen LogP contribution in [0.1, 0.15) is 25.0 Å². The number of benzene rings is 1. The summed E-state index contributed by atoms with van der Waals surface area (Å²) in [4.78, 5) is 24.7. The number of nitrogens with zero attached hydrogens (tertiary/aromatic N) is 1. The van der Waals surface area contributed by atoms with Gasteiger partial charge in [0, 0.05) is 11.6 Å². The van der Waals surface area contributed by atoms with E-state index in [1.165, 1.54) is 16.5 Å². The average molecular weight is 229 g/mol. The van der Waals surface area contributed by atoms with Crippen LogP contribution < -0.4 is 0 Å². The summed E-state index contributed by atoms with van der Waals surface area (Å²) in [6.07, 6.45) is 2.30. The van der Waals surface area contributed by atoms with Gasteiger partial charge in [-0.05, 0) is 24.5 Å². The molecular weight excluding hydrogens is 214 g/mol. The molecule has 0 atom stereocenters. The zero-order valence-electron chi connectivity index (χ0n) is 10.1. The minimum atomic E-state index is -0.210. The third kappa shape index (κ3) is 2.13. The Hall–Kier alpha value is -1.90. The van der Waals surface area contributed by atoms with Crippen LogP contribution in [-0.2, 0) is 22.6 Å². The Balaban J connectivity index is 2.23. The van der Waals surface area contributed by atoms with Crippen molar-refractivity contribution < 1.29 is 9.59 Å². The molecule has 1 aromatic rings. The SMILES string of the molecule is CCc1ccccc1CN1C(=O)C=C(C)C1=O. The van der Waals surface area contributed by atoms with Gasteiger partial charge in [0.25, 0.3) is 11.8 Å². The molecule has 0 N–H and O–H groups in total. The predicted molar refractivity (Wildman–Crippen MR) is 65.1 cm³/mol. The first kappa shape index (κ1) is 11.6. The minimum absolute atomic E-state index is 0.180. The molecule has 17 heavy (non-hydrogen) atoms. The van der Waals surface area contributed by atoms with E-state index in [0.29, 0.717) is 12.1 Å². The summed E-state index contributed by atoms with van der Waals surface area (Å²) < 4.78 is 0. The Morgan fingerprint density at radius 1 is 1.12 bits per heavy atom. The zero-order chi connectivity index (χ0) is 12.4. The van der Waals surface area contributed by atoms with Crippen molar-refractivity contribution >= 4 is 11.8 Å². The van der Waals surface area contributed by atoms with Crippen LogP contribution in [0.2, 0.25) is 0 Å². The molecule has 3 nitrogen and oxygen atoms in total. The number of carbonyl (C=O) groups excluding carboxylic acids is 2. The molecule has 1 aliphatic rings. The summed E-state index contributed by atoms with van der Waals surface area (Å²) >= 11 is 0. The van der Waals surface area contributed by atoms with Gasteiger partial charge in [-0.2, -0.15) is 0 Å². The molecule has 0 radical (unpaired) electrons. The molecule has 2 amide bonds. The molecular formula is C14H15NO2. The van der Waals surface area contributed by atoms with Gasteiger partial charge >= 0.3 is 0 Å². The second-order valence-electron chi connectivity index (χ2n) is 4.18. The summed E-state index contributed by atoms with van der Waals surface area (Å²) in [5.74, 6) is -0.390. The van der Waals surface area contributed by atoms with Crippen LogP contribution in [0.3, 0.4) is 0 Å². The van der Waals surface area contributed by atoms with E-state index >= 15 is 0 Å². The summed E-state index contributed by atoms with van der Waals surface area (Å²) in [7, 11) is 0. The van der Waals surface area contributed by atoms with E-state index in [-0.39, 0.29) is 11.8 Å². The van der Waals surface area contributed by atoms with Crippen LogP contribution in [0.15, 0.2) is 35.9 Å². The lowest BCUT2D eigenvalue weighted by Gasteiger charge is -2.16. The van der Waals surface area contributed by atoms with Gasteiger partial charge in [0.1, 0.15) is 0 Å². The van der Waals surface area contributed by atoms with Crippen molar-refractivity contribution in [1.82, 2.24) is 4.90 Å². The van der Waals surface area contributed by atoms with Gasteiger partial charge in [-0.3, -0.25) is 14.5 Å². The van der Waals surface area contributed by atoms with Gasteiger partial charge in [-0.1, -0.05) is 31.2 Å². The zero-order valence-corrected chi connectivity index (χ0v) is 10.1. The van der Waals surface area contributed by atoms with Gasteiger partial charge in [-0.15, -0.1) is 0 Å². The highest BCUT2D eigenvalue weighted by Gasteiger charge is 2.28. The highest BCUT2D eigenvalue weighted by Crippen LogP contribution is 2.18. The number of amides is 2. The van der Waals surface area contributed by atoms with Crippen molar-refractivity contribution in [3.05, 3.63) is 47.0 Å². The smallest absolute Gasteiger partial charge is 0.256 e. The fourth-order valence-corrected chi connectivity index (χ4v) is 2.01. The normalized spacial score (nSPS) is 15.4. The maximum Gasteiger partial charge on any atom is 0.256 e. The third-order valence-corrected chi connectivity index (χ3v) is 3.02. The Morgan fingerprint density at radius 3 is 2.29 bits per heavy atom. The number of hydrogen-bond donors (Lipinski definition) is 0. The van der Waals surface area contributed by atoms with Crippen molar-refractivity contribution in [1.29, 1.82) is 0 Å². The largest absolute Gasteiger partial charge is 0.271 e. The van der Waals surface area contributed by atoms with E-state index < -0.39 is 0 Å². The van der Waals surface area contributed by atoms with Gasteiger partial charge in [0.15, 0.2) is 0 Å². The third-order valence-electron chi connectivity index (χ3n) is 3.02. The molecule has 2 rings (SSSR count). The minimum Gasteiger partial charge on any atom is -0.271 e. The van der Waals surface area contributed by atoms with Crippen LogP contribution in [0, 0.1) is 0 Å². The molecule has 0 saturated carbocycles. The number of carbonyl (C=O) groups is 2. The lowest BCUT2D eigenvalue weighted by molar-refractivity contribution is -0.137. The molecule has 88 valence electrons. The standard InChI is InChI=1S/C14H15NO2/c1-3-11-6-4-5-7-12(11)9-15-13(16)8-10(2)14(15)17/h4-8H,3,9H2,1-2H3. The molecule has 0 spiro atoms. The summed E-state index contributed by atoms with van der Waals surface area (Å²) in [6, 6.07) is 7.90. The fourth-order valence-electron chi connectivity index (χ4n) is 2.01. The first-order valence-corrected chi connectivity index (χ1v) is 5.74. The molecule has 0 aliphatic carbocycles. The highest BCUT2D eigenvalue weighted by molar-refractivity contribution is 6.15. The van der Waals surface area contributed by atoms with Crippen LogP contribution in [0.4, 0.5) is 0 Å². The molecule has 1 aliphatic heterocycles.